The van der Waals surface area contributed by atoms with Crippen molar-refractivity contribution >= 4 is 56.6 Å². The summed E-state index contributed by atoms with van der Waals surface area (Å²) >= 11 is 6.60. The number of hydrogen-bond donors (Lipinski definition) is 2. The third-order valence-electron chi connectivity index (χ3n) is 6.98. The van der Waals surface area contributed by atoms with Crippen LogP contribution in [0.25, 0.3) is 20.8 Å². The van der Waals surface area contributed by atoms with E-state index >= 15 is 4.39 Å². The number of rotatable bonds is 11. The number of amides is 2. The molecule has 0 saturated carbocycles. The fourth-order valence-electron chi connectivity index (χ4n) is 4.67. The van der Waals surface area contributed by atoms with E-state index in [1.54, 1.807) is 36.5 Å². The number of methoxy groups -OCH3 is 1. The summed E-state index contributed by atoms with van der Waals surface area (Å²) in [5.41, 5.74) is 2.48. The van der Waals surface area contributed by atoms with Gasteiger partial charge in [-0.3, -0.25) is 14.8 Å². The van der Waals surface area contributed by atoms with Crippen LogP contribution in [0.5, 0.6) is 11.5 Å². The maximum absolute atomic E-state index is 15.2. The fraction of sp³-hybridized carbons (Fsp3) is 0.250. The van der Waals surface area contributed by atoms with Crippen molar-refractivity contribution in [3.05, 3.63) is 102 Å². The standard InChI is InChI=1S/C36H35F2N5O5S2/c1-36(2,3)48-35(45)43(15-16-46-4)21-23-7-11-27(40-20-23)31-19-28-33(50-31)30(13-14-39-28)47-29-12-10-25(18-26(29)38)41-34(49)42-32(44)17-22-5-8-24(37)9-6-22/h5-14,18-20H,15-17,21H2,1-4H3,(H2,41,42,44,49). The van der Waals surface area contributed by atoms with E-state index in [-0.39, 0.29) is 17.3 Å². The smallest absolute Gasteiger partial charge is 0.410 e. The van der Waals surface area contributed by atoms with Crippen molar-refractivity contribution in [2.75, 3.05) is 25.6 Å². The topological polar surface area (TPSA) is 115 Å². The molecule has 0 fully saturated rings. The minimum Gasteiger partial charge on any atom is -0.453 e. The molecule has 5 aromatic rings. The molecule has 2 amide bonds. The van der Waals surface area contributed by atoms with E-state index in [0.717, 1.165) is 10.4 Å². The molecule has 0 spiro atoms. The van der Waals surface area contributed by atoms with Gasteiger partial charge in [-0.25, -0.2) is 13.6 Å². The molecule has 0 aliphatic heterocycles. The van der Waals surface area contributed by atoms with Crippen LogP contribution in [0.1, 0.15) is 31.9 Å². The average Bonchev–Trinajstić information content (AvgIpc) is 3.50. The molecule has 0 aliphatic carbocycles. The zero-order chi connectivity index (χ0) is 35.8. The first kappa shape index (κ1) is 36.2. The molecule has 0 unspecified atom stereocenters. The SMILES string of the molecule is COCCN(Cc1ccc(-c2cc3nccc(Oc4ccc(NC(=S)NC(=O)Cc5ccc(F)cc5)cc4F)c3s2)nc1)C(=O)OC(C)(C)C. The zero-order valence-corrected chi connectivity index (χ0v) is 29.4. The molecule has 0 bridgehead atoms. The van der Waals surface area contributed by atoms with E-state index in [1.165, 1.54) is 47.7 Å². The van der Waals surface area contributed by atoms with Gasteiger partial charge in [0.1, 0.15) is 17.2 Å². The summed E-state index contributed by atoms with van der Waals surface area (Å²) in [5, 5.41) is 5.30. The number of carbonyl (C=O) groups excluding carboxylic acids is 2. The first-order valence-electron chi connectivity index (χ1n) is 15.5. The minimum absolute atomic E-state index is 0.000642. The van der Waals surface area contributed by atoms with Gasteiger partial charge in [-0.1, -0.05) is 18.2 Å². The van der Waals surface area contributed by atoms with Gasteiger partial charge in [-0.05, 0) is 80.5 Å². The maximum atomic E-state index is 15.2. The van der Waals surface area contributed by atoms with Crippen LogP contribution in [0.15, 0.2) is 79.1 Å². The lowest BCUT2D eigenvalue weighted by Gasteiger charge is -2.27. The van der Waals surface area contributed by atoms with Crippen LogP contribution in [-0.4, -0.2) is 57.8 Å². The highest BCUT2D eigenvalue weighted by Crippen LogP contribution is 2.39. The number of nitrogens with one attached hydrogen (secondary N) is 2. The number of fused-ring (bicyclic) bond motifs is 1. The number of carbonyl (C=O) groups is 2. The highest BCUT2D eigenvalue weighted by Gasteiger charge is 2.22. The molecule has 0 saturated heterocycles. The number of pyridine rings is 2. The van der Waals surface area contributed by atoms with Crippen LogP contribution < -0.4 is 15.4 Å². The number of anilines is 1. The summed E-state index contributed by atoms with van der Waals surface area (Å²) < 4.78 is 45.7. The van der Waals surface area contributed by atoms with Gasteiger partial charge in [-0.2, -0.15) is 0 Å². The highest BCUT2D eigenvalue weighted by molar-refractivity contribution is 7.80. The molecular formula is C36H35F2N5O5S2. The van der Waals surface area contributed by atoms with Crippen LogP contribution >= 0.6 is 23.6 Å². The van der Waals surface area contributed by atoms with Crippen molar-refractivity contribution in [2.45, 2.75) is 39.3 Å². The van der Waals surface area contributed by atoms with E-state index in [4.69, 9.17) is 26.4 Å². The summed E-state index contributed by atoms with van der Waals surface area (Å²) in [5.74, 6) is -1.05. The lowest BCUT2D eigenvalue weighted by Crippen LogP contribution is -2.38. The van der Waals surface area contributed by atoms with Crippen molar-refractivity contribution in [3.63, 3.8) is 0 Å². The van der Waals surface area contributed by atoms with E-state index in [2.05, 4.69) is 20.6 Å². The number of thiophene rings is 1. The molecule has 50 heavy (non-hydrogen) atoms. The van der Waals surface area contributed by atoms with Crippen molar-refractivity contribution < 1.29 is 32.6 Å². The van der Waals surface area contributed by atoms with Gasteiger partial charge in [0.15, 0.2) is 16.7 Å². The van der Waals surface area contributed by atoms with Crippen LogP contribution in [-0.2, 0) is 27.2 Å². The predicted octanol–water partition coefficient (Wildman–Crippen LogP) is 7.87. The quantitative estimate of drug-likeness (QED) is 0.132. The monoisotopic (exact) mass is 719 g/mol. The Hall–Kier alpha value is -5.05. The van der Waals surface area contributed by atoms with E-state index < -0.39 is 29.2 Å². The van der Waals surface area contributed by atoms with E-state index in [9.17, 15) is 14.0 Å². The molecule has 14 heteroatoms. The van der Waals surface area contributed by atoms with Gasteiger partial charge in [0.2, 0.25) is 5.91 Å². The van der Waals surface area contributed by atoms with E-state index in [1.807, 2.05) is 39.0 Å². The van der Waals surface area contributed by atoms with Gasteiger partial charge < -0.3 is 29.7 Å². The first-order chi connectivity index (χ1) is 23.9. The van der Waals surface area contributed by atoms with Crippen LogP contribution in [0.3, 0.4) is 0 Å². The molecule has 0 aliphatic rings. The maximum Gasteiger partial charge on any atom is 0.410 e. The van der Waals surface area contributed by atoms with Gasteiger partial charge >= 0.3 is 6.09 Å². The Kier molecular flexibility index (Phi) is 11.7. The minimum atomic E-state index is -0.652. The Morgan fingerprint density at radius 2 is 1.72 bits per heavy atom. The third-order valence-corrected chi connectivity index (χ3v) is 8.35. The van der Waals surface area contributed by atoms with E-state index in [0.29, 0.717) is 52.6 Å². The van der Waals surface area contributed by atoms with Crippen LogP contribution in [0, 0.1) is 11.6 Å². The fourth-order valence-corrected chi connectivity index (χ4v) is 5.94. The number of benzene rings is 2. The molecular weight excluding hydrogens is 685 g/mol. The normalized spacial score (nSPS) is 11.2. The van der Waals surface area contributed by atoms with Crippen molar-refractivity contribution in [3.8, 4) is 22.1 Å². The summed E-state index contributed by atoms with van der Waals surface area (Å²) in [7, 11) is 1.58. The molecule has 0 radical (unpaired) electrons. The summed E-state index contributed by atoms with van der Waals surface area (Å²) in [6.07, 6.45) is 2.86. The summed E-state index contributed by atoms with van der Waals surface area (Å²) in [6.45, 7) is 6.49. The molecule has 3 aromatic heterocycles. The number of ether oxygens (including phenoxy) is 3. The van der Waals surface area contributed by atoms with Crippen molar-refractivity contribution in [1.82, 2.24) is 20.2 Å². The van der Waals surface area contributed by atoms with Crippen molar-refractivity contribution in [1.29, 1.82) is 0 Å². The molecule has 5 rings (SSSR count). The summed E-state index contributed by atoms with van der Waals surface area (Å²) in [4.78, 5) is 36.5. The zero-order valence-electron chi connectivity index (χ0n) is 27.8. The Labute approximate surface area is 297 Å². The lowest BCUT2D eigenvalue weighted by atomic mass is 10.1. The summed E-state index contributed by atoms with van der Waals surface area (Å²) in [6, 6.07) is 17.1. The Morgan fingerprint density at radius 1 is 0.960 bits per heavy atom. The first-order valence-corrected chi connectivity index (χ1v) is 16.7. The Morgan fingerprint density at radius 3 is 2.40 bits per heavy atom. The second-order valence-electron chi connectivity index (χ2n) is 12.1. The second kappa shape index (κ2) is 16.1. The molecule has 260 valence electrons. The molecule has 0 atom stereocenters. The molecule has 10 nitrogen and oxygen atoms in total. The van der Waals surface area contributed by atoms with Gasteiger partial charge in [-0.15, -0.1) is 11.3 Å². The second-order valence-corrected chi connectivity index (χ2v) is 13.6. The number of halogens is 2. The molecule has 3 heterocycles. The van der Waals surface area contributed by atoms with Gasteiger partial charge in [0.25, 0.3) is 0 Å². The Balaban J connectivity index is 1.23. The highest BCUT2D eigenvalue weighted by atomic mass is 32.1. The lowest BCUT2D eigenvalue weighted by molar-refractivity contribution is -0.119. The average molecular weight is 720 g/mol. The Bertz CT molecular complexity index is 1980. The van der Waals surface area contributed by atoms with Crippen molar-refractivity contribution in [2.24, 2.45) is 0 Å². The number of nitrogens with zero attached hydrogens (tertiary/aromatic N) is 3. The number of aromatic nitrogens is 2. The largest absolute Gasteiger partial charge is 0.453 e. The molecule has 2 N–H and O–H groups in total. The van der Waals surface area contributed by atoms with Gasteiger partial charge in [0.05, 0.1) is 40.4 Å². The molecule has 2 aromatic carbocycles. The van der Waals surface area contributed by atoms with Crippen LogP contribution in [0.2, 0.25) is 0 Å². The van der Waals surface area contributed by atoms with Gasteiger partial charge in [0, 0.05) is 43.9 Å². The number of hydrogen-bond acceptors (Lipinski definition) is 9. The third kappa shape index (κ3) is 10.00. The van der Waals surface area contributed by atoms with Crippen LogP contribution in [0.4, 0.5) is 19.3 Å². The predicted molar refractivity (Wildman–Crippen MR) is 192 cm³/mol. The number of thiocarbonyl (C=S) groups is 1.